The minimum absolute atomic E-state index is 0.0982. The molecule has 2 heterocycles. The van der Waals surface area contributed by atoms with Crippen LogP contribution in [-0.2, 0) is 4.79 Å². The Kier molecular flexibility index (Phi) is 4.62. The van der Waals surface area contributed by atoms with Crippen LogP contribution in [0, 0.1) is 5.41 Å². The van der Waals surface area contributed by atoms with E-state index in [1.165, 1.54) is 0 Å². The van der Waals surface area contributed by atoms with Crippen molar-refractivity contribution in [2.75, 3.05) is 18.0 Å². The van der Waals surface area contributed by atoms with Gasteiger partial charge in [0.05, 0.1) is 4.47 Å². The van der Waals surface area contributed by atoms with Crippen molar-refractivity contribution in [2.24, 2.45) is 5.41 Å². The quantitative estimate of drug-likeness (QED) is 0.897. The van der Waals surface area contributed by atoms with E-state index >= 15 is 0 Å². The third-order valence-electron chi connectivity index (χ3n) is 3.33. The van der Waals surface area contributed by atoms with Crippen LogP contribution in [-0.4, -0.2) is 35.0 Å². The highest BCUT2D eigenvalue weighted by Crippen LogP contribution is 2.19. The standard InChI is InChI=1S/C14H21BrN4O/c1-14(2,3)12(20)18-11-5-4-6-19(9-11)13-16-7-10(15)8-17-13/h7-8,11H,4-6,9H2,1-3H3,(H,18,20). The molecule has 1 atom stereocenters. The molecule has 0 radical (unpaired) electrons. The van der Waals surface area contributed by atoms with Crippen molar-refractivity contribution in [3.8, 4) is 0 Å². The van der Waals surface area contributed by atoms with Gasteiger partial charge in [-0.25, -0.2) is 9.97 Å². The Morgan fingerprint density at radius 3 is 2.65 bits per heavy atom. The van der Waals surface area contributed by atoms with Crippen molar-refractivity contribution in [1.29, 1.82) is 0 Å². The molecule has 0 aromatic carbocycles. The second-order valence-corrected chi connectivity index (χ2v) is 7.13. The number of halogens is 1. The van der Waals surface area contributed by atoms with Gasteiger partial charge in [-0.05, 0) is 28.8 Å². The minimum Gasteiger partial charge on any atom is -0.351 e. The molecular weight excluding hydrogens is 320 g/mol. The zero-order chi connectivity index (χ0) is 14.8. The second kappa shape index (κ2) is 6.08. The van der Waals surface area contributed by atoms with Crippen LogP contribution in [0.1, 0.15) is 33.6 Å². The zero-order valence-electron chi connectivity index (χ0n) is 12.2. The van der Waals surface area contributed by atoms with Crippen LogP contribution in [0.3, 0.4) is 0 Å². The van der Waals surface area contributed by atoms with Gasteiger partial charge in [-0.3, -0.25) is 4.79 Å². The molecule has 1 saturated heterocycles. The maximum Gasteiger partial charge on any atom is 0.225 e. The summed E-state index contributed by atoms with van der Waals surface area (Å²) in [7, 11) is 0. The number of carbonyl (C=O) groups is 1. The van der Waals surface area contributed by atoms with E-state index in [4.69, 9.17) is 0 Å². The summed E-state index contributed by atoms with van der Waals surface area (Å²) in [5.41, 5.74) is -0.351. The highest BCUT2D eigenvalue weighted by atomic mass is 79.9. The topological polar surface area (TPSA) is 58.1 Å². The molecule has 1 unspecified atom stereocenters. The number of carbonyl (C=O) groups excluding carboxylic acids is 1. The molecule has 0 aliphatic carbocycles. The molecule has 20 heavy (non-hydrogen) atoms. The molecule has 1 N–H and O–H groups in total. The lowest BCUT2D eigenvalue weighted by Crippen LogP contribution is -2.50. The maximum absolute atomic E-state index is 12.1. The lowest BCUT2D eigenvalue weighted by molar-refractivity contribution is -0.129. The Morgan fingerprint density at radius 1 is 1.40 bits per heavy atom. The van der Waals surface area contributed by atoms with Gasteiger partial charge in [0.1, 0.15) is 0 Å². The molecule has 1 aromatic heterocycles. The van der Waals surface area contributed by atoms with Crippen LogP contribution in [0.15, 0.2) is 16.9 Å². The summed E-state index contributed by atoms with van der Waals surface area (Å²) in [5, 5.41) is 3.12. The number of nitrogens with one attached hydrogen (secondary N) is 1. The summed E-state index contributed by atoms with van der Waals surface area (Å²) in [4.78, 5) is 22.8. The first-order chi connectivity index (χ1) is 9.36. The van der Waals surface area contributed by atoms with Gasteiger partial charge in [-0.2, -0.15) is 0 Å². The van der Waals surface area contributed by atoms with Crippen LogP contribution >= 0.6 is 15.9 Å². The van der Waals surface area contributed by atoms with E-state index in [1.54, 1.807) is 12.4 Å². The van der Waals surface area contributed by atoms with Crippen molar-refractivity contribution in [1.82, 2.24) is 15.3 Å². The van der Waals surface area contributed by atoms with Crippen LogP contribution in [0.4, 0.5) is 5.95 Å². The molecular formula is C14H21BrN4O. The van der Waals surface area contributed by atoms with E-state index < -0.39 is 0 Å². The third-order valence-corrected chi connectivity index (χ3v) is 3.74. The molecule has 110 valence electrons. The van der Waals surface area contributed by atoms with Crippen LogP contribution in [0.25, 0.3) is 0 Å². The van der Waals surface area contributed by atoms with Gasteiger partial charge in [-0.15, -0.1) is 0 Å². The number of hydrogen-bond acceptors (Lipinski definition) is 4. The lowest BCUT2D eigenvalue weighted by atomic mass is 9.94. The van der Waals surface area contributed by atoms with E-state index in [-0.39, 0.29) is 17.4 Å². The molecule has 1 aliphatic heterocycles. The van der Waals surface area contributed by atoms with Crippen molar-refractivity contribution in [2.45, 2.75) is 39.7 Å². The zero-order valence-corrected chi connectivity index (χ0v) is 13.8. The molecule has 0 saturated carbocycles. The van der Waals surface area contributed by atoms with Gasteiger partial charge >= 0.3 is 0 Å². The number of amides is 1. The third kappa shape index (κ3) is 3.91. The van der Waals surface area contributed by atoms with Crippen molar-refractivity contribution < 1.29 is 4.79 Å². The Morgan fingerprint density at radius 2 is 2.05 bits per heavy atom. The monoisotopic (exact) mass is 340 g/mol. The summed E-state index contributed by atoms with van der Waals surface area (Å²) < 4.78 is 0.871. The number of piperidine rings is 1. The number of aromatic nitrogens is 2. The lowest BCUT2D eigenvalue weighted by Gasteiger charge is -2.34. The summed E-state index contributed by atoms with van der Waals surface area (Å²) in [6.45, 7) is 7.50. The van der Waals surface area contributed by atoms with Crippen LogP contribution < -0.4 is 10.2 Å². The van der Waals surface area contributed by atoms with Gasteiger partial charge in [0.25, 0.3) is 0 Å². The van der Waals surface area contributed by atoms with Gasteiger partial charge in [-0.1, -0.05) is 20.8 Å². The van der Waals surface area contributed by atoms with E-state index in [0.717, 1.165) is 36.4 Å². The van der Waals surface area contributed by atoms with E-state index in [1.807, 2.05) is 20.8 Å². The van der Waals surface area contributed by atoms with E-state index in [2.05, 4.69) is 36.1 Å². The predicted octanol–water partition coefficient (Wildman–Crippen LogP) is 2.37. The molecule has 0 spiro atoms. The normalized spacial score (nSPS) is 19.8. The molecule has 1 amide bonds. The summed E-state index contributed by atoms with van der Waals surface area (Å²) in [6, 6.07) is 0.169. The highest BCUT2D eigenvalue weighted by molar-refractivity contribution is 9.10. The SMILES string of the molecule is CC(C)(C)C(=O)NC1CCCN(c2ncc(Br)cn2)C1. The van der Waals surface area contributed by atoms with Crippen molar-refractivity contribution >= 4 is 27.8 Å². The fourth-order valence-corrected chi connectivity index (χ4v) is 2.35. The molecule has 5 nitrogen and oxygen atoms in total. The molecule has 6 heteroatoms. The smallest absolute Gasteiger partial charge is 0.225 e. The van der Waals surface area contributed by atoms with Gasteiger partial charge in [0, 0.05) is 36.9 Å². The van der Waals surface area contributed by atoms with Gasteiger partial charge < -0.3 is 10.2 Å². The van der Waals surface area contributed by atoms with Gasteiger partial charge in [0.2, 0.25) is 11.9 Å². The van der Waals surface area contributed by atoms with Crippen LogP contribution in [0.2, 0.25) is 0 Å². The van der Waals surface area contributed by atoms with Gasteiger partial charge in [0.15, 0.2) is 0 Å². The molecule has 1 aliphatic rings. The van der Waals surface area contributed by atoms with Crippen molar-refractivity contribution in [3.63, 3.8) is 0 Å². The number of anilines is 1. The predicted molar refractivity (Wildman–Crippen MR) is 82.6 cm³/mol. The van der Waals surface area contributed by atoms with E-state index in [9.17, 15) is 4.79 Å². The van der Waals surface area contributed by atoms with Crippen LogP contribution in [0.5, 0.6) is 0 Å². The molecule has 2 rings (SSSR count). The minimum atomic E-state index is -0.351. The average Bonchev–Trinajstić information content (AvgIpc) is 2.39. The first-order valence-electron chi connectivity index (χ1n) is 6.90. The van der Waals surface area contributed by atoms with E-state index in [0.29, 0.717) is 0 Å². The average molecular weight is 341 g/mol. The largest absolute Gasteiger partial charge is 0.351 e. The number of hydrogen-bond donors (Lipinski definition) is 1. The summed E-state index contributed by atoms with van der Waals surface area (Å²) in [6.07, 6.45) is 5.54. The molecule has 0 bridgehead atoms. The fourth-order valence-electron chi connectivity index (χ4n) is 2.15. The Balaban J connectivity index is 1.98. The maximum atomic E-state index is 12.1. The Hall–Kier alpha value is -1.17. The number of rotatable bonds is 2. The summed E-state index contributed by atoms with van der Waals surface area (Å²) >= 11 is 3.34. The Labute approximate surface area is 128 Å². The molecule has 1 fully saturated rings. The summed E-state index contributed by atoms with van der Waals surface area (Å²) in [5.74, 6) is 0.823. The fraction of sp³-hybridized carbons (Fsp3) is 0.643. The van der Waals surface area contributed by atoms with Crippen molar-refractivity contribution in [3.05, 3.63) is 16.9 Å². The highest BCUT2D eigenvalue weighted by Gasteiger charge is 2.27. The first kappa shape index (κ1) is 15.2. The molecule has 1 aromatic rings. The second-order valence-electron chi connectivity index (χ2n) is 6.21. The first-order valence-corrected chi connectivity index (χ1v) is 7.69. The number of nitrogens with zero attached hydrogens (tertiary/aromatic N) is 3. The Bertz CT molecular complexity index is 469.